The number of esters is 1. The van der Waals surface area contributed by atoms with E-state index in [4.69, 9.17) is 9.47 Å². The Morgan fingerprint density at radius 2 is 1.79 bits per heavy atom. The lowest BCUT2D eigenvalue weighted by Gasteiger charge is -2.18. The van der Waals surface area contributed by atoms with Gasteiger partial charge in [-0.25, -0.2) is 0 Å². The first-order valence-electron chi connectivity index (χ1n) is 6.64. The van der Waals surface area contributed by atoms with E-state index in [-0.39, 0.29) is 11.4 Å². The largest absolute Gasteiger partial charge is 0.469 e. The van der Waals surface area contributed by atoms with Gasteiger partial charge in [-0.1, -0.05) is 45.0 Å². The SMILES string of the molecule is COC(=O)Cc1ccccc1COCCC(C)(C)C. The summed E-state index contributed by atoms with van der Waals surface area (Å²) < 4.78 is 10.4. The number of carbonyl (C=O) groups excluding carboxylic acids is 1. The van der Waals surface area contributed by atoms with Crippen LogP contribution in [0.2, 0.25) is 0 Å². The molecule has 0 atom stereocenters. The number of methoxy groups -OCH3 is 1. The van der Waals surface area contributed by atoms with Crippen LogP contribution >= 0.6 is 0 Å². The molecule has 3 heteroatoms. The van der Waals surface area contributed by atoms with Gasteiger partial charge in [0.25, 0.3) is 0 Å². The van der Waals surface area contributed by atoms with Crippen molar-refractivity contribution in [3.63, 3.8) is 0 Å². The summed E-state index contributed by atoms with van der Waals surface area (Å²) in [7, 11) is 1.41. The normalized spacial score (nSPS) is 11.4. The molecule has 0 aromatic heterocycles. The molecule has 1 aromatic rings. The van der Waals surface area contributed by atoms with Crippen LogP contribution in [0.4, 0.5) is 0 Å². The molecule has 0 N–H and O–H groups in total. The monoisotopic (exact) mass is 264 g/mol. The molecule has 0 amide bonds. The molecule has 0 saturated carbocycles. The Kier molecular flexibility index (Phi) is 6.03. The van der Waals surface area contributed by atoms with E-state index in [9.17, 15) is 4.79 Å². The van der Waals surface area contributed by atoms with Crippen LogP contribution in [0.3, 0.4) is 0 Å². The number of hydrogen-bond acceptors (Lipinski definition) is 3. The number of rotatable bonds is 6. The van der Waals surface area contributed by atoms with Crippen LogP contribution in [0.1, 0.15) is 38.3 Å². The first kappa shape index (κ1) is 15.7. The van der Waals surface area contributed by atoms with Gasteiger partial charge < -0.3 is 9.47 Å². The van der Waals surface area contributed by atoms with Crippen molar-refractivity contribution in [1.29, 1.82) is 0 Å². The quantitative estimate of drug-likeness (QED) is 0.584. The van der Waals surface area contributed by atoms with Gasteiger partial charge in [-0.2, -0.15) is 0 Å². The van der Waals surface area contributed by atoms with E-state index >= 15 is 0 Å². The molecule has 106 valence electrons. The lowest BCUT2D eigenvalue weighted by molar-refractivity contribution is -0.139. The standard InChI is InChI=1S/C16H24O3/c1-16(2,3)9-10-19-12-14-8-6-5-7-13(14)11-15(17)18-4/h5-8H,9-12H2,1-4H3. The second-order valence-corrected chi connectivity index (χ2v) is 5.88. The van der Waals surface area contributed by atoms with Gasteiger partial charge in [0.1, 0.15) is 0 Å². The van der Waals surface area contributed by atoms with Crippen LogP contribution in [0.5, 0.6) is 0 Å². The van der Waals surface area contributed by atoms with Crippen LogP contribution in [0.25, 0.3) is 0 Å². The summed E-state index contributed by atoms with van der Waals surface area (Å²) >= 11 is 0. The first-order chi connectivity index (χ1) is 8.92. The van der Waals surface area contributed by atoms with Gasteiger partial charge in [0.15, 0.2) is 0 Å². The zero-order valence-corrected chi connectivity index (χ0v) is 12.4. The zero-order chi connectivity index (χ0) is 14.3. The number of hydrogen-bond donors (Lipinski definition) is 0. The molecule has 19 heavy (non-hydrogen) atoms. The second-order valence-electron chi connectivity index (χ2n) is 5.88. The fraction of sp³-hybridized carbons (Fsp3) is 0.562. The van der Waals surface area contributed by atoms with Crippen LogP contribution < -0.4 is 0 Å². The van der Waals surface area contributed by atoms with E-state index in [1.54, 1.807) is 0 Å². The molecular formula is C16H24O3. The molecule has 0 heterocycles. The lowest BCUT2D eigenvalue weighted by atomic mass is 9.93. The van der Waals surface area contributed by atoms with Gasteiger partial charge in [-0.05, 0) is 23.0 Å². The fourth-order valence-corrected chi connectivity index (χ4v) is 1.66. The molecule has 0 unspecified atom stereocenters. The third-order valence-corrected chi connectivity index (χ3v) is 2.93. The molecule has 3 nitrogen and oxygen atoms in total. The maximum atomic E-state index is 11.3. The maximum Gasteiger partial charge on any atom is 0.309 e. The highest BCUT2D eigenvalue weighted by atomic mass is 16.5. The summed E-state index contributed by atoms with van der Waals surface area (Å²) in [4.78, 5) is 11.3. The molecule has 0 spiro atoms. The second kappa shape index (κ2) is 7.29. The molecule has 0 aliphatic heterocycles. The van der Waals surface area contributed by atoms with Gasteiger partial charge in [0, 0.05) is 6.61 Å². The molecule has 0 saturated heterocycles. The van der Waals surface area contributed by atoms with E-state index in [1.807, 2.05) is 24.3 Å². The Hall–Kier alpha value is -1.35. The number of benzene rings is 1. The van der Waals surface area contributed by atoms with Crippen LogP contribution in [0.15, 0.2) is 24.3 Å². The zero-order valence-electron chi connectivity index (χ0n) is 12.4. The fourth-order valence-electron chi connectivity index (χ4n) is 1.66. The molecule has 0 aliphatic rings. The molecular weight excluding hydrogens is 240 g/mol. The maximum absolute atomic E-state index is 11.3. The average Bonchev–Trinajstić information content (AvgIpc) is 2.35. The van der Waals surface area contributed by atoms with Crippen molar-refractivity contribution in [2.75, 3.05) is 13.7 Å². The predicted molar refractivity (Wildman–Crippen MR) is 75.9 cm³/mol. The minimum absolute atomic E-state index is 0.220. The van der Waals surface area contributed by atoms with Crippen molar-refractivity contribution in [2.24, 2.45) is 5.41 Å². The van der Waals surface area contributed by atoms with Crippen LogP contribution in [0, 0.1) is 5.41 Å². The molecule has 0 aliphatic carbocycles. The van der Waals surface area contributed by atoms with Gasteiger partial charge in [0.05, 0.1) is 20.1 Å². The highest BCUT2D eigenvalue weighted by Gasteiger charge is 2.11. The van der Waals surface area contributed by atoms with E-state index in [0.29, 0.717) is 13.0 Å². The molecule has 1 aromatic carbocycles. The molecule has 0 bridgehead atoms. The summed E-state index contributed by atoms with van der Waals surface area (Å²) in [5.41, 5.74) is 2.32. The van der Waals surface area contributed by atoms with E-state index in [1.165, 1.54) is 7.11 Å². The minimum atomic E-state index is -0.220. The van der Waals surface area contributed by atoms with Crippen molar-refractivity contribution in [3.05, 3.63) is 35.4 Å². The van der Waals surface area contributed by atoms with Gasteiger partial charge >= 0.3 is 5.97 Å². The van der Waals surface area contributed by atoms with Crippen LogP contribution in [-0.2, 0) is 27.3 Å². The Bertz CT molecular complexity index is 405. The van der Waals surface area contributed by atoms with Crippen LogP contribution in [-0.4, -0.2) is 19.7 Å². The highest BCUT2D eigenvalue weighted by molar-refractivity contribution is 5.72. The van der Waals surface area contributed by atoms with Crippen molar-refractivity contribution in [2.45, 2.75) is 40.2 Å². The van der Waals surface area contributed by atoms with Gasteiger partial charge in [-0.15, -0.1) is 0 Å². The molecule has 0 radical (unpaired) electrons. The smallest absolute Gasteiger partial charge is 0.309 e. The van der Waals surface area contributed by atoms with E-state index < -0.39 is 0 Å². The Balaban J connectivity index is 2.51. The molecule has 0 fully saturated rings. The molecule has 1 rings (SSSR count). The first-order valence-corrected chi connectivity index (χ1v) is 6.64. The topological polar surface area (TPSA) is 35.5 Å². The Morgan fingerprint density at radius 3 is 2.37 bits per heavy atom. The minimum Gasteiger partial charge on any atom is -0.469 e. The van der Waals surface area contributed by atoms with Gasteiger partial charge in [-0.3, -0.25) is 4.79 Å². The average molecular weight is 264 g/mol. The summed E-state index contributed by atoms with van der Waals surface area (Å²) in [5, 5.41) is 0. The van der Waals surface area contributed by atoms with Gasteiger partial charge in [0.2, 0.25) is 0 Å². The van der Waals surface area contributed by atoms with Crippen molar-refractivity contribution in [1.82, 2.24) is 0 Å². The highest BCUT2D eigenvalue weighted by Crippen LogP contribution is 2.19. The number of ether oxygens (including phenoxy) is 2. The van der Waals surface area contributed by atoms with Crippen molar-refractivity contribution < 1.29 is 14.3 Å². The van der Waals surface area contributed by atoms with Crippen molar-refractivity contribution >= 4 is 5.97 Å². The van der Waals surface area contributed by atoms with E-state index in [2.05, 4.69) is 20.8 Å². The summed E-state index contributed by atoms with van der Waals surface area (Å²) in [6, 6.07) is 7.83. The van der Waals surface area contributed by atoms with Crippen molar-refractivity contribution in [3.8, 4) is 0 Å². The summed E-state index contributed by atoms with van der Waals surface area (Å²) in [6.07, 6.45) is 1.32. The number of carbonyl (C=O) groups is 1. The lowest BCUT2D eigenvalue weighted by Crippen LogP contribution is -2.11. The third-order valence-electron chi connectivity index (χ3n) is 2.93. The Morgan fingerprint density at radius 1 is 1.16 bits per heavy atom. The van der Waals surface area contributed by atoms with E-state index in [0.717, 1.165) is 24.2 Å². The third kappa shape index (κ3) is 6.39. The predicted octanol–water partition coefficient (Wildman–Crippen LogP) is 3.35. The Labute approximate surface area is 115 Å². The summed E-state index contributed by atoms with van der Waals surface area (Å²) in [6.45, 7) is 7.87. The summed E-state index contributed by atoms with van der Waals surface area (Å²) in [5.74, 6) is -0.220.